The summed E-state index contributed by atoms with van der Waals surface area (Å²) in [7, 11) is 0. The van der Waals surface area contributed by atoms with Crippen LogP contribution in [0.2, 0.25) is 0 Å². The average molecular weight is 304 g/mol. The van der Waals surface area contributed by atoms with Gasteiger partial charge in [-0.2, -0.15) is 4.98 Å². The number of carboxylic acid groups (broad SMARTS) is 1. The van der Waals surface area contributed by atoms with E-state index in [0.717, 1.165) is 50.5 Å². The third-order valence-corrected chi connectivity index (χ3v) is 4.71. The van der Waals surface area contributed by atoms with E-state index < -0.39 is 5.97 Å². The molecule has 0 aromatic carbocycles. The lowest BCUT2D eigenvalue weighted by Gasteiger charge is -2.29. The molecule has 6 heteroatoms. The van der Waals surface area contributed by atoms with Gasteiger partial charge in [0.1, 0.15) is 5.82 Å². The Kier molecular flexibility index (Phi) is 4.75. The molecule has 2 fully saturated rings. The molecule has 1 saturated heterocycles. The highest BCUT2D eigenvalue weighted by molar-refractivity contribution is 5.70. The quantitative estimate of drug-likeness (QED) is 0.890. The van der Waals surface area contributed by atoms with Crippen LogP contribution in [0.3, 0.4) is 0 Å². The van der Waals surface area contributed by atoms with Crippen molar-refractivity contribution in [3.63, 3.8) is 0 Å². The Bertz CT molecular complexity index is 509. The second-order valence-corrected chi connectivity index (χ2v) is 6.32. The van der Waals surface area contributed by atoms with Crippen LogP contribution in [0, 0.1) is 5.92 Å². The topological polar surface area (TPSA) is 78.3 Å². The maximum atomic E-state index is 11.0. The molecule has 2 N–H and O–H groups in total. The van der Waals surface area contributed by atoms with Gasteiger partial charge in [0.15, 0.2) is 0 Å². The zero-order valence-corrected chi connectivity index (χ0v) is 12.9. The molecule has 0 radical (unpaired) electrons. The van der Waals surface area contributed by atoms with Crippen LogP contribution in [-0.2, 0) is 4.79 Å². The second kappa shape index (κ2) is 6.94. The summed E-state index contributed by atoms with van der Waals surface area (Å²) in [4.78, 5) is 22.3. The summed E-state index contributed by atoms with van der Waals surface area (Å²) >= 11 is 0. The Morgan fingerprint density at radius 2 is 1.91 bits per heavy atom. The molecule has 0 atom stereocenters. The van der Waals surface area contributed by atoms with Crippen LogP contribution in [0.4, 0.5) is 11.8 Å². The summed E-state index contributed by atoms with van der Waals surface area (Å²) in [6.07, 6.45) is 8.79. The Morgan fingerprint density at radius 1 is 1.18 bits per heavy atom. The number of aromatic nitrogens is 2. The van der Waals surface area contributed by atoms with Gasteiger partial charge in [0, 0.05) is 25.3 Å². The average Bonchev–Trinajstić information content (AvgIpc) is 2.56. The molecule has 3 rings (SSSR count). The van der Waals surface area contributed by atoms with E-state index >= 15 is 0 Å². The van der Waals surface area contributed by atoms with Gasteiger partial charge in [-0.25, -0.2) is 4.98 Å². The molecule has 1 aliphatic carbocycles. The molecule has 0 bridgehead atoms. The van der Waals surface area contributed by atoms with Crippen molar-refractivity contribution in [3.05, 3.63) is 12.3 Å². The maximum absolute atomic E-state index is 11.0. The lowest BCUT2D eigenvalue weighted by molar-refractivity contribution is -0.142. The van der Waals surface area contributed by atoms with Crippen molar-refractivity contribution in [1.29, 1.82) is 0 Å². The van der Waals surface area contributed by atoms with Crippen LogP contribution in [0.1, 0.15) is 44.9 Å². The Balaban J connectivity index is 1.58. The van der Waals surface area contributed by atoms with Crippen molar-refractivity contribution in [2.24, 2.45) is 5.92 Å². The van der Waals surface area contributed by atoms with Gasteiger partial charge >= 0.3 is 5.97 Å². The lowest BCUT2D eigenvalue weighted by Crippen LogP contribution is -2.32. The second-order valence-electron chi connectivity index (χ2n) is 6.32. The molecule has 1 aromatic rings. The number of carboxylic acids is 1. The molecule has 1 aliphatic heterocycles. The molecule has 120 valence electrons. The summed E-state index contributed by atoms with van der Waals surface area (Å²) in [5, 5.41) is 12.5. The highest BCUT2D eigenvalue weighted by atomic mass is 16.4. The molecule has 22 heavy (non-hydrogen) atoms. The van der Waals surface area contributed by atoms with E-state index in [4.69, 9.17) is 5.11 Å². The molecule has 1 saturated carbocycles. The molecule has 0 spiro atoms. The number of anilines is 2. The number of rotatable bonds is 4. The van der Waals surface area contributed by atoms with Gasteiger partial charge in [-0.3, -0.25) is 4.79 Å². The zero-order chi connectivity index (χ0) is 15.4. The Morgan fingerprint density at radius 3 is 2.59 bits per heavy atom. The molecule has 6 nitrogen and oxygen atoms in total. The van der Waals surface area contributed by atoms with E-state index in [-0.39, 0.29) is 5.92 Å². The number of hydrogen-bond acceptors (Lipinski definition) is 5. The predicted octanol–water partition coefficient (Wildman–Crippen LogP) is 2.52. The first kappa shape index (κ1) is 15.1. The summed E-state index contributed by atoms with van der Waals surface area (Å²) in [5.74, 6) is 0.832. The van der Waals surface area contributed by atoms with Gasteiger partial charge in [0.2, 0.25) is 5.95 Å². The highest BCUT2D eigenvalue weighted by Gasteiger charge is 2.26. The monoisotopic (exact) mass is 304 g/mol. The lowest BCUT2D eigenvalue weighted by atomic mass is 9.86. The van der Waals surface area contributed by atoms with Gasteiger partial charge < -0.3 is 15.3 Å². The number of nitrogens with one attached hydrogen (secondary N) is 1. The van der Waals surface area contributed by atoms with Crippen LogP contribution in [-0.4, -0.2) is 40.2 Å². The van der Waals surface area contributed by atoms with Crippen molar-refractivity contribution in [2.75, 3.05) is 23.3 Å². The summed E-state index contributed by atoms with van der Waals surface area (Å²) in [6.45, 7) is 2.07. The molecule has 0 unspecified atom stereocenters. The van der Waals surface area contributed by atoms with Crippen molar-refractivity contribution in [3.8, 4) is 0 Å². The van der Waals surface area contributed by atoms with Gasteiger partial charge in [0.05, 0.1) is 5.92 Å². The van der Waals surface area contributed by atoms with E-state index in [1.54, 1.807) is 0 Å². The first-order chi connectivity index (χ1) is 10.7. The van der Waals surface area contributed by atoms with Gasteiger partial charge in [-0.05, 0) is 51.0 Å². The largest absolute Gasteiger partial charge is 0.481 e. The van der Waals surface area contributed by atoms with Crippen LogP contribution >= 0.6 is 0 Å². The standard InChI is InChI=1S/C16H24N4O2/c21-15(22)12-4-6-13(7-5-12)18-14-8-9-17-16(19-14)20-10-2-1-3-11-20/h8-9,12-13H,1-7,10-11H2,(H,21,22)(H,17,18,19). The minimum Gasteiger partial charge on any atom is -0.481 e. The molecular weight excluding hydrogens is 280 g/mol. The highest BCUT2D eigenvalue weighted by Crippen LogP contribution is 2.26. The summed E-state index contributed by atoms with van der Waals surface area (Å²) in [5.41, 5.74) is 0. The first-order valence-corrected chi connectivity index (χ1v) is 8.30. The summed E-state index contributed by atoms with van der Waals surface area (Å²) in [6, 6.07) is 2.22. The normalized spacial score (nSPS) is 25.7. The number of piperidine rings is 1. The fraction of sp³-hybridized carbons (Fsp3) is 0.688. The van der Waals surface area contributed by atoms with E-state index in [2.05, 4.69) is 20.2 Å². The Labute approximate surface area is 131 Å². The van der Waals surface area contributed by atoms with Crippen LogP contribution in [0.25, 0.3) is 0 Å². The SMILES string of the molecule is O=C(O)C1CCC(Nc2ccnc(N3CCCCC3)n2)CC1. The van der Waals surface area contributed by atoms with Crippen molar-refractivity contribution in [1.82, 2.24) is 9.97 Å². The van der Waals surface area contributed by atoms with Crippen molar-refractivity contribution in [2.45, 2.75) is 51.0 Å². The van der Waals surface area contributed by atoms with Crippen LogP contribution in [0.5, 0.6) is 0 Å². The number of nitrogens with zero attached hydrogens (tertiary/aromatic N) is 3. The smallest absolute Gasteiger partial charge is 0.306 e. The minimum absolute atomic E-state index is 0.174. The zero-order valence-electron chi connectivity index (χ0n) is 12.9. The molecule has 1 aromatic heterocycles. The van der Waals surface area contributed by atoms with E-state index in [1.807, 2.05) is 12.3 Å². The minimum atomic E-state index is -0.659. The number of aliphatic carboxylic acids is 1. The van der Waals surface area contributed by atoms with E-state index in [0.29, 0.717) is 6.04 Å². The van der Waals surface area contributed by atoms with Crippen molar-refractivity contribution >= 4 is 17.7 Å². The van der Waals surface area contributed by atoms with Gasteiger partial charge in [0.25, 0.3) is 0 Å². The summed E-state index contributed by atoms with van der Waals surface area (Å²) < 4.78 is 0. The van der Waals surface area contributed by atoms with Gasteiger partial charge in [-0.1, -0.05) is 0 Å². The molecule has 0 amide bonds. The van der Waals surface area contributed by atoms with Crippen LogP contribution < -0.4 is 10.2 Å². The molecular formula is C16H24N4O2. The third-order valence-electron chi connectivity index (χ3n) is 4.71. The van der Waals surface area contributed by atoms with Crippen LogP contribution in [0.15, 0.2) is 12.3 Å². The maximum Gasteiger partial charge on any atom is 0.306 e. The third kappa shape index (κ3) is 3.67. The number of hydrogen-bond donors (Lipinski definition) is 2. The predicted molar refractivity (Wildman–Crippen MR) is 85.1 cm³/mol. The Hall–Kier alpha value is -1.85. The fourth-order valence-corrected chi connectivity index (χ4v) is 3.37. The molecule has 2 aliphatic rings. The van der Waals surface area contributed by atoms with Crippen molar-refractivity contribution < 1.29 is 9.90 Å². The number of carbonyl (C=O) groups is 1. The van der Waals surface area contributed by atoms with E-state index in [1.165, 1.54) is 19.3 Å². The fourth-order valence-electron chi connectivity index (χ4n) is 3.37. The van der Waals surface area contributed by atoms with Gasteiger partial charge in [-0.15, -0.1) is 0 Å². The molecule has 2 heterocycles. The first-order valence-electron chi connectivity index (χ1n) is 8.30. The van der Waals surface area contributed by atoms with E-state index in [9.17, 15) is 4.79 Å².